The fourth-order valence-electron chi connectivity index (χ4n) is 2.46. The fraction of sp³-hybridized carbons (Fsp3) is 0.286. The topological polar surface area (TPSA) is 79.8 Å². The number of rotatable bonds is 7. The summed E-state index contributed by atoms with van der Waals surface area (Å²) in [5, 5.41) is 6.79. The Labute approximate surface area is 159 Å². The lowest BCUT2D eigenvalue weighted by molar-refractivity contribution is -0.124. The van der Waals surface area contributed by atoms with Crippen LogP contribution in [0.2, 0.25) is 0 Å². The number of carbonyl (C=O) groups excluding carboxylic acids is 2. The minimum absolute atomic E-state index is 0.0651. The quantitative estimate of drug-likeness (QED) is 0.581. The molecule has 2 aromatic carbocycles. The third-order valence-corrected chi connectivity index (χ3v) is 4.12. The van der Waals surface area contributed by atoms with Crippen molar-refractivity contribution < 1.29 is 14.3 Å². The lowest BCUT2D eigenvalue weighted by atomic mass is 10.1. The Kier molecular flexibility index (Phi) is 7.11. The van der Waals surface area contributed by atoms with E-state index in [1.54, 1.807) is 13.3 Å². The van der Waals surface area contributed by atoms with Crippen molar-refractivity contribution in [1.29, 1.82) is 0 Å². The molecule has 0 bridgehead atoms. The van der Waals surface area contributed by atoms with Crippen molar-refractivity contribution in [1.82, 2.24) is 5.43 Å². The largest absolute Gasteiger partial charge is 0.497 e. The number of hydrogen-bond acceptors (Lipinski definition) is 4. The van der Waals surface area contributed by atoms with Crippen molar-refractivity contribution in [3.8, 4) is 5.75 Å². The van der Waals surface area contributed by atoms with Crippen LogP contribution in [0.15, 0.2) is 41.5 Å². The van der Waals surface area contributed by atoms with Gasteiger partial charge in [-0.05, 0) is 67.3 Å². The van der Waals surface area contributed by atoms with E-state index in [-0.39, 0.29) is 24.7 Å². The molecule has 2 aromatic rings. The molecule has 0 saturated heterocycles. The van der Waals surface area contributed by atoms with Crippen LogP contribution in [0.3, 0.4) is 0 Å². The maximum absolute atomic E-state index is 12.0. The van der Waals surface area contributed by atoms with E-state index < -0.39 is 0 Å². The smallest absolute Gasteiger partial charge is 0.240 e. The molecule has 0 unspecified atom stereocenters. The van der Waals surface area contributed by atoms with E-state index in [9.17, 15) is 9.59 Å². The number of hydrogen-bond donors (Lipinski definition) is 2. The van der Waals surface area contributed by atoms with E-state index in [1.165, 1.54) is 0 Å². The molecule has 6 nitrogen and oxygen atoms in total. The van der Waals surface area contributed by atoms with Gasteiger partial charge in [0.05, 0.1) is 13.3 Å². The van der Waals surface area contributed by atoms with Gasteiger partial charge in [0.2, 0.25) is 11.8 Å². The Balaban J connectivity index is 1.80. The fourth-order valence-corrected chi connectivity index (χ4v) is 2.46. The SMILES string of the molecule is COc1ccc(C=NNC(=O)CCC(=O)Nc2cc(C)ccc2C)c(C)c1. The molecule has 0 aliphatic rings. The summed E-state index contributed by atoms with van der Waals surface area (Å²) in [6.45, 7) is 5.83. The molecule has 0 radical (unpaired) electrons. The number of anilines is 1. The van der Waals surface area contributed by atoms with Gasteiger partial charge in [0, 0.05) is 18.5 Å². The van der Waals surface area contributed by atoms with Crippen molar-refractivity contribution >= 4 is 23.7 Å². The van der Waals surface area contributed by atoms with Gasteiger partial charge in [-0.3, -0.25) is 9.59 Å². The van der Waals surface area contributed by atoms with E-state index >= 15 is 0 Å². The van der Waals surface area contributed by atoms with Crippen LogP contribution in [0, 0.1) is 20.8 Å². The molecular formula is C21H25N3O3. The molecular weight excluding hydrogens is 342 g/mol. The van der Waals surface area contributed by atoms with Gasteiger partial charge in [0.25, 0.3) is 0 Å². The van der Waals surface area contributed by atoms with Crippen molar-refractivity contribution in [2.75, 3.05) is 12.4 Å². The van der Waals surface area contributed by atoms with Crippen LogP contribution in [-0.4, -0.2) is 25.1 Å². The van der Waals surface area contributed by atoms with Gasteiger partial charge in [-0.15, -0.1) is 0 Å². The first-order chi connectivity index (χ1) is 12.9. The molecule has 2 amide bonds. The summed E-state index contributed by atoms with van der Waals surface area (Å²) < 4.78 is 5.15. The summed E-state index contributed by atoms with van der Waals surface area (Å²) in [6.07, 6.45) is 1.73. The van der Waals surface area contributed by atoms with Crippen LogP contribution in [0.4, 0.5) is 5.69 Å². The third-order valence-electron chi connectivity index (χ3n) is 4.12. The number of nitrogens with zero attached hydrogens (tertiary/aromatic N) is 1. The molecule has 2 N–H and O–H groups in total. The summed E-state index contributed by atoms with van der Waals surface area (Å²) in [5.41, 5.74) is 7.13. The highest BCUT2D eigenvalue weighted by Gasteiger charge is 2.08. The van der Waals surface area contributed by atoms with E-state index in [0.717, 1.165) is 33.7 Å². The van der Waals surface area contributed by atoms with E-state index in [4.69, 9.17) is 4.74 Å². The van der Waals surface area contributed by atoms with Crippen molar-refractivity contribution in [3.05, 3.63) is 58.7 Å². The second-order valence-electron chi connectivity index (χ2n) is 6.38. The molecule has 0 spiro atoms. The number of nitrogens with one attached hydrogen (secondary N) is 2. The molecule has 142 valence electrons. The predicted molar refractivity (Wildman–Crippen MR) is 107 cm³/mol. The summed E-state index contributed by atoms with van der Waals surface area (Å²) in [6, 6.07) is 11.4. The van der Waals surface area contributed by atoms with Crippen LogP contribution >= 0.6 is 0 Å². The van der Waals surface area contributed by atoms with Crippen molar-refractivity contribution in [2.24, 2.45) is 5.10 Å². The molecule has 27 heavy (non-hydrogen) atoms. The molecule has 0 aliphatic heterocycles. The first kappa shape index (κ1) is 20.2. The number of carbonyl (C=O) groups is 2. The lowest BCUT2D eigenvalue weighted by Crippen LogP contribution is -2.21. The van der Waals surface area contributed by atoms with Crippen LogP contribution < -0.4 is 15.5 Å². The Morgan fingerprint density at radius 1 is 1.00 bits per heavy atom. The Morgan fingerprint density at radius 2 is 1.74 bits per heavy atom. The monoisotopic (exact) mass is 367 g/mol. The zero-order valence-corrected chi connectivity index (χ0v) is 16.1. The molecule has 0 heterocycles. The highest BCUT2D eigenvalue weighted by atomic mass is 16.5. The standard InChI is InChI=1S/C21H25N3O3/c1-14-5-6-15(2)19(11-14)23-20(25)9-10-21(26)24-22-13-17-7-8-18(27-4)12-16(17)3/h5-8,11-13H,9-10H2,1-4H3,(H,23,25)(H,24,26). The summed E-state index contributed by atoms with van der Waals surface area (Å²) >= 11 is 0. The van der Waals surface area contributed by atoms with Gasteiger partial charge < -0.3 is 10.1 Å². The second kappa shape index (κ2) is 9.52. The van der Waals surface area contributed by atoms with Crippen molar-refractivity contribution in [3.63, 3.8) is 0 Å². The van der Waals surface area contributed by atoms with Crippen LogP contribution in [-0.2, 0) is 9.59 Å². The van der Waals surface area contributed by atoms with Gasteiger partial charge in [-0.25, -0.2) is 5.43 Å². The van der Waals surface area contributed by atoms with Gasteiger partial charge in [-0.2, -0.15) is 5.10 Å². The first-order valence-electron chi connectivity index (χ1n) is 8.72. The first-order valence-corrected chi connectivity index (χ1v) is 8.72. The number of methoxy groups -OCH3 is 1. The third kappa shape index (κ3) is 6.26. The zero-order valence-electron chi connectivity index (χ0n) is 16.1. The second-order valence-corrected chi connectivity index (χ2v) is 6.38. The molecule has 0 atom stereocenters. The van der Waals surface area contributed by atoms with E-state index in [2.05, 4.69) is 15.8 Å². The van der Waals surface area contributed by atoms with Crippen LogP contribution in [0.5, 0.6) is 5.75 Å². The Bertz CT molecular complexity index is 860. The van der Waals surface area contributed by atoms with Gasteiger partial charge in [0.15, 0.2) is 0 Å². The maximum Gasteiger partial charge on any atom is 0.240 e. The molecule has 2 rings (SSSR count). The Morgan fingerprint density at radius 3 is 2.44 bits per heavy atom. The summed E-state index contributed by atoms with van der Waals surface area (Å²) in [7, 11) is 1.61. The van der Waals surface area contributed by atoms with E-state index in [1.807, 2.05) is 57.2 Å². The van der Waals surface area contributed by atoms with Crippen LogP contribution in [0.25, 0.3) is 0 Å². The van der Waals surface area contributed by atoms with Gasteiger partial charge in [0.1, 0.15) is 5.75 Å². The number of hydrazone groups is 1. The predicted octanol–water partition coefficient (Wildman–Crippen LogP) is 3.49. The highest BCUT2D eigenvalue weighted by molar-refractivity contribution is 5.94. The summed E-state index contributed by atoms with van der Waals surface area (Å²) in [4.78, 5) is 23.9. The molecule has 0 saturated carbocycles. The van der Waals surface area contributed by atoms with Gasteiger partial charge in [-0.1, -0.05) is 12.1 Å². The zero-order chi connectivity index (χ0) is 19.8. The van der Waals surface area contributed by atoms with Crippen LogP contribution in [0.1, 0.15) is 35.1 Å². The molecule has 0 aromatic heterocycles. The average Bonchev–Trinajstić information content (AvgIpc) is 2.64. The lowest BCUT2D eigenvalue weighted by Gasteiger charge is -2.09. The normalized spacial score (nSPS) is 10.7. The highest BCUT2D eigenvalue weighted by Crippen LogP contribution is 2.17. The molecule has 6 heteroatoms. The number of ether oxygens (including phenoxy) is 1. The number of benzene rings is 2. The Hall–Kier alpha value is -3.15. The average molecular weight is 367 g/mol. The van der Waals surface area contributed by atoms with Gasteiger partial charge >= 0.3 is 0 Å². The number of amides is 2. The number of aryl methyl sites for hydroxylation is 3. The minimum atomic E-state index is -0.312. The summed E-state index contributed by atoms with van der Waals surface area (Å²) in [5.74, 6) is 0.255. The maximum atomic E-state index is 12.0. The molecule has 0 fully saturated rings. The van der Waals surface area contributed by atoms with Crippen molar-refractivity contribution in [2.45, 2.75) is 33.6 Å². The van der Waals surface area contributed by atoms with E-state index in [0.29, 0.717) is 0 Å². The minimum Gasteiger partial charge on any atom is -0.497 e. The molecule has 0 aliphatic carbocycles.